The zero-order valence-corrected chi connectivity index (χ0v) is 16.7. The highest BCUT2D eigenvalue weighted by Gasteiger charge is 2.48. The van der Waals surface area contributed by atoms with E-state index < -0.39 is 12.2 Å². The van der Waals surface area contributed by atoms with Crippen LogP contribution in [0.3, 0.4) is 0 Å². The van der Waals surface area contributed by atoms with Gasteiger partial charge in [-0.25, -0.2) is 0 Å². The largest absolute Gasteiger partial charge is 0.490 e. The number of benzene rings is 2. The first-order valence-electron chi connectivity index (χ1n) is 10.1. The Balaban J connectivity index is 1.98. The number of fused-ring (bicyclic) bond motifs is 6. The molecule has 146 valence electrons. The summed E-state index contributed by atoms with van der Waals surface area (Å²) in [7, 11) is 0. The summed E-state index contributed by atoms with van der Waals surface area (Å²) in [6.07, 6.45) is 1.33. The van der Waals surface area contributed by atoms with Crippen LogP contribution in [0.15, 0.2) is 18.2 Å². The second-order valence-corrected chi connectivity index (χ2v) is 8.45. The molecule has 27 heavy (non-hydrogen) atoms. The third-order valence-electron chi connectivity index (χ3n) is 6.26. The van der Waals surface area contributed by atoms with Crippen molar-refractivity contribution in [2.24, 2.45) is 5.92 Å². The van der Waals surface area contributed by atoms with E-state index in [-0.39, 0.29) is 13.2 Å². The molecule has 4 rings (SSSR count). The van der Waals surface area contributed by atoms with Gasteiger partial charge in [0.15, 0.2) is 0 Å². The standard InChI is InChI=1S/C23H30O4/c1-12-6-5-7-18-19(12)23(27-11-14(3)25)21-17-9-8-16(15(17)4)20(21)22(18)26-10-13(2)24/h5-7,13-17,24-25H,8-11H2,1-4H3. The normalized spacial score (nSPS) is 25.5. The Hall–Kier alpha value is -1.78. The Morgan fingerprint density at radius 1 is 0.963 bits per heavy atom. The van der Waals surface area contributed by atoms with Gasteiger partial charge >= 0.3 is 0 Å². The molecule has 0 radical (unpaired) electrons. The monoisotopic (exact) mass is 370 g/mol. The maximum absolute atomic E-state index is 9.81. The number of ether oxygens (including phenoxy) is 2. The van der Waals surface area contributed by atoms with Gasteiger partial charge in [-0.1, -0.05) is 25.1 Å². The molecule has 5 unspecified atom stereocenters. The Labute approximate surface area is 161 Å². The minimum atomic E-state index is -0.512. The summed E-state index contributed by atoms with van der Waals surface area (Å²) < 4.78 is 12.4. The SMILES string of the molecule is Cc1cccc2c(OCC(C)O)c3c(c(OCC(C)O)c12)C1CCC3C1C. The van der Waals surface area contributed by atoms with Crippen LogP contribution in [0, 0.1) is 12.8 Å². The Bertz CT molecular complexity index is 855. The second kappa shape index (κ2) is 6.99. The van der Waals surface area contributed by atoms with Gasteiger partial charge < -0.3 is 19.7 Å². The van der Waals surface area contributed by atoms with Crippen LogP contribution < -0.4 is 9.47 Å². The molecule has 0 aliphatic heterocycles. The first kappa shape index (κ1) is 18.6. The number of aryl methyl sites for hydroxylation is 1. The molecule has 0 heterocycles. The van der Waals surface area contributed by atoms with Gasteiger partial charge in [-0.05, 0) is 56.9 Å². The molecular formula is C23H30O4. The molecule has 2 bridgehead atoms. The minimum Gasteiger partial charge on any atom is -0.490 e. The molecule has 0 saturated heterocycles. The van der Waals surface area contributed by atoms with E-state index >= 15 is 0 Å². The summed E-state index contributed by atoms with van der Waals surface area (Å²) in [6, 6.07) is 6.24. The fraction of sp³-hybridized carbons (Fsp3) is 0.565. The quantitative estimate of drug-likeness (QED) is 0.797. The van der Waals surface area contributed by atoms with Crippen molar-refractivity contribution in [3.05, 3.63) is 34.9 Å². The van der Waals surface area contributed by atoms with Crippen molar-refractivity contribution in [1.82, 2.24) is 0 Å². The zero-order valence-electron chi connectivity index (χ0n) is 16.7. The summed E-state index contributed by atoms with van der Waals surface area (Å²) in [4.78, 5) is 0. The van der Waals surface area contributed by atoms with E-state index in [1.807, 2.05) is 6.07 Å². The van der Waals surface area contributed by atoms with E-state index in [1.165, 1.54) is 24.0 Å². The number of hydrogen-bond acceptors (Lipinski definition) is 4. The topological polar surface area (TPSA) is 58.9 Å². The summed E-state index contributed by atoms with van der Waals surface area (Å²) in [6.45, 7) is 8.51. The predicted octanol–water partition coefficient (Wildman–Crippen LogP) is 4.28. The molecule has 2 aromatic rings. The van der Waals surface area contributed by atoms with Crippen molar-refractivity contribution < 1.29 is 19.7 Å². The minimum absolute atomic E-state index is 0.287. The highest BCUT2D eigenvalue weighted by atomic mass is 16.5. The maximum Gasteiger partial charge on any atom is 0.131 e. The van der Waals surface area contributed by atoms with Crippen LogP contribution in [0.4, 0.5) is 0 Å². The van der Waals surface area contributed by atoms with Gasteiger partial charge in [-0.2, -0.15) is 0 Å². The fourth-order valence-corrected chi connectivity index (χ4v) is 5.11. The Kier molecular flexibility index (Phi) is 4.81. The number of rotatable bonds is 6. The third kappa shape index (κ3) is 2.99. The van der Waals surface area contributed by atoms with Crippen LogP contribution in [0.25, 0.3) is 10.8 Å². The van der Waals surface area contributed by atoms with E-state index in [2.05, 4.69) is 26.0 Å². The van der Waals surface area contributed by atoms with Crippen molar-refractivity contribution in [2.75, 3.05) is 13.2 Å². The maximum atomic E-state index is 9.81. The highest BCUT2D eigenvalue weighted by molar-refractivity contribution is 5.99. The van der Waals surface area contributed by atoms with Gasteiger partial charge in [0.1, 0.15) is 24.7 Å². The molecule has 1 fully saturated rings. The van der Waals surface area contributed by atoms with Crippen LogP contribution in [0.2, 0.25) is 0 Å². The van der Waals surface area contributed by atoms with Crippen molar-refractivity contribution in [3.8, 4) is 11.5 Å². The second-order valence-electron chi connectivity index (χ2n) is 8.45. The third-order valence-corrected chi connectivity index (χ3v) is 6.26. The van der Waals surface area contributed by atoms with Gasteiger partial charge in [-0.3, -0.25) is 0 Å². The molecule has 2 N–H and O–H groups in total. The summed E-state index contributed by atoms with van der Waals surface area (Å²) in [5, 5.41) is 21.7. The van der Waals surface area contributed by atoms with E-state index in [9.17, 15) is 10.2 Å². The van der Waals surface area contributed by atoms with E-state index in [0.717, 1.165) is 27.8 Å². The lowest BCUT2D eigenvalue weighted by Gasteiger charge is -2.26. The predicted molar refractivity (Wildman–Crippen MR) is 107 cm³/mol. The summed E-state index contributed by atoms with van der Waals surface area (Å²) >= 11 is 0. The van der Waals surface area contributed by atoms with E-state index in [0.29, 0.717) is 17.8 Å². The van der Waals surface area contributed by atoms with E-state index in [4.69, 9.17) is 9.47 Å². The number of hydrogen-bond donors (Lipinski definition) is 2. The smallest absolute Gasteiger partial charge is 0.131 e. The van der Waals surface area contributed by atoms with Crippen LogP contribution in [-0.2, 0) is 0 Å². The van der Waals surface area contributed by atoms with Gasteiger partial charge in [-0.15, -0.1) is 0 Å². The van der Waals surface area contributed by atoms with Crippen LogP contribution in [-0.4, -0.2) is 35.6 Å². The number of aliphatic hydroxyl groups excluding tert-OH is 2. The Morgan fingerprint density at radius 2 is 1.52 bits per heavy atom. The van der Waals surface area contributed by atoms with Gasteiger partial charge in [0, 0.05) is 21.9 Å². The van der Waals surface area contributed by atoms with Gasteiger partial charge in [0.25, 0.3) is 0 Å². The van der Waals surface area contributed by atoms with Crippen molar-refractivity contribution in [2.45, 2.75) is 64.6 Å². The molecule has 2 aliphatic rings. The van der Waals surface area contributed by atoms with Crippen molar-refractivity contribution in [1.29, 1.82) is 0 Å². The van der Waals surface area contributed by atoms with Crippen molar-refractivity contribution >= 4 is 10.8 Å². The molecular weight excluding hydrogens is 340 g/mol. The molecule has 2 aromatic carbocycles. The number of aliphatic hydroxyl groups is 2. The molecule has 0 aromatic heterocycles. The van der Waals surface area contributed by atoms with Gasteiger partial charge in [0.2, 0.25) is 0 Å². The molecule has 1 saturated carbocycles. The lowest BCUT2D eigenvalue weighted by molar-refractivity contribution is 0.120. The average molecular weight is 370 g/mol. The lowest BCUT2D eigenvalue weighted by atomic mass is 9.86. The fourth-order valence-electron chi connectivity index (χ4n) is 5.11. The van der Waals surface area contributed by atoms with Crippen LogP contribution in [0.5, 0.6) is 11.5 Å². The van der Waals surface area contributed by atoms with Gasteiger partial charge in [0.05, 0.1) is 12.2 Å². The van der Waals surface area contributed by atoms with Crippen LogP contribution in [0.1, 0.15) is 62.1 Å². The average Bonchev–Trinajstić information content (AvgIpc) is 3.11. The highest BCUT2D eigenvalue weighted by Crippen LogP contribution is 2.64. The van der Waals surface area contributed by atoms with Crippen molar-refractivity contribution in [3.63, 3.8) is 0 Å². The molecule has 2 aliphatic carbocycles. The first-order valence-corrected chi connectivity index (χ1v) is 10.1. The van der Waals surface area contributed by atoms with E-state index in [1.54, 1.807) is 13.8 Å². The molecule has 4 nitrogen and oxygen atoms in total. The molecule has 5 atom stereocenters. The molecule has 0 spiro atoms. The summed E-state index contributed by atoms with van der Waals surface area (Å²) in [5.74, 6) is 3.38. The molecule has 0 amide bonds. The zero-order chi connectivity index (χ0) is 19.3. The Morgan fingerprint density at radius 3 is 2.11 bits per heavy atom. The lowest BCUT2D eigenvalue weighted by Crippen LogP contribution is -2.17. The first-order chi connectivity index (χ1) is 12.9. The molecule has 4 heteroatoms. The summed E-state index contributed by atoms with van der Waals surface area (Å²) in [5.41, 5.74) is 3.70. The van der Waals surface area contributed by atoms with Crippen LogP contribution >= 0.6 is 0 Å².